The van der Waals surface area contributed by atoms with Crippen LogP contribution in [0, 0.1) is 6.92 Å². The Kier molecular flexibility index (Phi) is 5.28. The lowest BCUT2D eigenvalue weighted by Crippen LogP contribution is -2.05. The van der Waals surface area contributed by atoms with Gasteiger partial charge in [0.05, 0.1) is 18.7 Å². The number of benzene rings is 2. The number of cyclic esters (lactones) is 1. The molecule has 5 nitrogen and oxygen atoms in total. The molecule has 0 saturated carbocycles. The Morgan fingerprint density at radius 1 is 1.27 bits per heavy atom. The average molecular weight is 372 g/mol. The Bertz CT molecular complexity index is 918. The van der Waals surface area contributed by atoms with Crippen molar-refractivity contribution in [3.8, 4) is 11.5 Å². The fourth-order valence-electron chi connectivity index (χ4n) is 2.60. The standard InChI is InChI=1S/C20H18ClNO4/c1-4-25-17-11-13(9-15(21)18(17)24-3)10-16-20(23)26-19(22-16)14-7-5-6-12(2)8-14/h5-11H,4H2,1-3H3/b16-10-. The van der Waals surface area contributed by atoms with Crippen molar-refractivity contribution in [3.63, 3.8) is 0 Å². The average Bonchev–Trinajstić information content (AvgIpc) is 2.96. The summed E-state index contributed by atoms with van der Waals surface area (Å²) < 4.78 is 16.1. The largest absolute Gasteiger partial charge is 0.491 e. The maximum atomic E-state index is 12.2. The molecule has 0 radical (unpaired) electrons. The van der Waals surface area contributed by atoms with Gasteiger partial charge in [0.1, 0.15) is 0 Å². The summed E-state index contributed by atoms with van der Waals surface area (Å²) in [6.45, 7) is 4.29. The molecular weight excluding hydrogens is 354 g/mol. The zero-order valence-electron chi connectivity index (χ0n) is 14.7. The number of methoxy groups -OCH3 is 1. The highest BCUT2D eigenvalue weighted by molar-refractivity contribution is 6.32. The highest BCUT2D eigenvalue weighted by Gasteiger charge is 2.24. The number of nitrogens with zero attached hydrogens (tertiary/aromatic N) is 1. The molecule has 0 N–H and O–H groups in total. The number of rotatable bonds is 5. The van der Waals surface area contributed by atoms with Crippen LogP contribution < -0.4 is 9.47 Å². The second-order valence-electron chi connectivity index (χ2n) is 5.67. The summed E-state index contributed by atoms with van der Waals surface area (Å²) >= 11 is 6.25. The molecule has 2 aromatic rings. The summed E-state index contributed by atoms with van der Waals surface area (Å²) in [5, 5.41) is 0.388. The second kappa shape index (κ2) is 7.62. The molecular formula is C20H18ClNO4. The topological polar surface area (TPSA) is 57.1 Å². The Balaban J connectivity index is 1.98. The SMILES string of the molecule is CCOc1cc(/C=C2\N=C(c3cccc(C)c3)OC2=O)cc(Cl)c1OC. The Morgan fingerprint density at radius 2 is 2.08 bits per heavy atom. The first-order valence-electron chi connectivity index (χ1n) is 8.11. The summed E-state index contributed by atoms with van der Waals surface area (Å²) in [6.07, 6.45) is 1.61. The van der Waals surface area contributed by atoms with Gasteiger partial charge in [-0.05, 0) is 49.8 Å². The molecule has 0 aliphatic carbocycles. The van der Waals surface area contributed by atoms with E-state index in [1.807, 2.05) is 38.1 Å². The normalized spacial score (nSPS) is 15.0. The van der Waals surface area contributed by atoms with Crippen LogP contribution in [-0.2, 0) is 9.53 Å². The fourth-order valence-corrected chi connectivity index (χ4v) is 2.90. The number of hydrogen-bond acceptors (Lipinski definition) is 5. The number of carbonyl (C=O) groups is 1. The van der Waals surface area contributed by atoms with E-state index < -0.39 is 5.97 Å². The van der Waals surface area contributed by atoms with E-state index in [1.54, 1.807) is 18.2 Å². The molecule has 0 aromatic heterocycles. The quantitative estimate of drug-likeness (QED) is 0.577. The lowest BCUT2D eigenvalue weighted by atomic mass is 10.1. The molecule has 1 aliphatic heterocycles. The van der Waals surface area contributed by atoms with Gasteiger partial charge in [0, 0.05) is 5.56 Å². The minimum Gasteiger partial charge on any atom is -0.491 e. The number of aryl methyl sites for hydroxylation is 1. The Labute approximate surface area is 156 Å². The van der Waals surface area contributed by atoms with E-state index >= 15 is 0 Å². The van der Waals surface area contributed by atoms with Gasteiger partial charge in [-0.25, -0.2) is 9.79 Å². The van der Waals surface area contributed by atoms with Crippen LogP contribution in [0.4, 0.5) is 0 Å². The number of hydrogen-bond donors (Lipinski definition) is 0. The number of halogens is 1. The highest BCUT2D eigenvalue weighted by Crippen LogP contribution is 2.37. The van der Waals surface area contributed by atoms with Crippen molar-refractivity contribution in [1.29, 1.82) is 0 Å². The molecule has 0 saturated heterocycles. The first-order chi connectivity index (χ1) is 12.5. The molecule has 0 fully saturated rings. The molecule has 6 heteroatoms. The smallest absolute Gasteiger partial charge is 0.363 e. The third kappa shape index (κ3) is 3.73. The molecule has 2 aromatic carbocycles. The first kappa shape index (κ1) is 18.0. The van der Waals surface area contributed by atoms with Gasteiger partial charge in [-0.2, -0.15) is 0 Å². The van der Waals surface area contributed by atoms with E-state index in [9.17, 15) is 4.79 Å². The number of ether oxygens (including phenoxy) is 3. The van der Waals surface area contributed by atoms with Crippen LogP contribution in [0.2, 0.25) is 5.02 Å². The van der Waals surface area contributed by atoms with E-state index in [2.05, 4.69) is 4.99 Å². The number of carbonyl (C=O) groups excluding carboxylic acids is 1. The van der Waals surface area contributed by atoms with E-state index in [1.165, 1.54) is 7.11 Å². The predicted molar refractivity (Wildman–Crippen MR) is 101 cm³/mol. The molecule has 134 valence electrons. The van der Waals surface area contributed by atoms with Crippen molar-refractivity contribution in [1.82, 2.24) is 0 Å². The van der Waals surface area contributed by atoms with Gasteiger partial charge in [0.15, 0.2) is 17.2 Å². The zero-order chi connectivity index (χ0) is 18.7. The predicted octanol–water partition coefficient (Wildman–Crippen LogP) is 4.40. The van der Waals surface area contributed by atoms with E-state index in [-0.39, 0.29) is 11.6 Å². The molecule has 3 rings (SSSR count). The van der Waals surface area contributed by atoms with Crippen LogP contribution >= 0.6 is 11.6 Å². The molecule has 1 aliphatic rings. The third-order valence-electron chi connectivity index (χ3n) is 3.72. The van der Waals surface area contributed by atoms with Crippen LogP contribution in [0.1, 0.15) is 23.6 Å². The maximum absolute atomic E-state index is 12.2. The van der Waals surface area contributed by atoms with Gasteiger partial charge in [-0.1, -0.05) is 29.3 Å². The van der Waals surface area contributed by atoms with Crippen LogP contribution in [0.15, 0.2) is 47.1 Å². The summed E-state index contributed by atoms with van der Waals surface area (Å²) in [5.41, 5.74) is 2.68. The minimum atomic E-state index is -0.508. The summed E-state index contributed by atoms with van der Waals surface area (Å²) in [7, 11) is 1.52. The lowest BCUT2D eigenvalue weighted by molar-refractivity contribution is -0.129. The van der Waals surface area contributed by atoms with Crippen LogP contribution in [0.25, 0.3) is 6.08 Å². The molecule has 0 amide bonds. The molecule has 0 spiro atoms. The lowest BCUT2D eigenvalue weighted by Gasteiger charge is -2.11. The van der Waals surface area contributed by atoms with E-state index in [0.29, 0.717) is 28.7 Å². The van der Waals surface area contributed by atoms with Gasteiger partial charge in [0.2, 0.25) is 5.90 Å². The molecule has 0 bridgehead atoms. The highest BCUT2D eigenvalue weighted by atomic mass is 35.5. The molecule has 0 unspecified atom stereocenters. The van der Waals surface area contributed by atoms with Crippen LogP contribution in [0.5, 0.6) is 11.5 Å². The molecule has 26 heavy (non-hydrogen) atoms. The van der Waals surface area contributed by atoms with E-state index in [4.69, 9.17) is 25.8 Å². The minimum absolute atomic E-state index is 0.199. The summed E-state index contributed by atoms with van der Waals surface area (Å²) in [4.78, 5) is 16.5. The number of esters is 1. The van der Waals surface area contributed by atoms with Crippen molar-refractivity contribution in [2.75, 3.05) is 13.7 Å². The van der Waals surface area contributed by atoms with Crippen molar-refractivity contribution in [2.45, 2.75) is 13.8 Å². The maximum Gasteiger partial charge on any atom is 0.363 e. The van der Waals surface area contributed by atoms with Gasteiger partial charge >= 0.3 is 5.97 Å². The summed E-state index contributed by atoms with van der Waals surface area (Å²) in [5.74, 6) is 0.734. The monoisotopic (exact) mass is 371 g/mol. The van der Waals surface area contributed by atoms with Crippen molar-refractivity contribution in [2.24, 2.45) is 4.99 Å². The number of aliphatic imine (C=N–C) groups is 1. The van der Waals surface area contributed by atoms with Crippen molar-refractivity contribution in [3.05, 3.63) is 63.8 Å². The van der Waals surface area contributed by atoms with Gasteiger partial charge < -0.3 is 14.2 Å². The van der Waals surface area contributed by atoms with E-state index in [0.717, 1.165) is 11.1 Å². The Hall–Kier alpha value is -2.79. The second-order valence-corrected chi connectivity index (χ2v) is 6.08. The zero-order valence-corrected chi connectivity index (χ0v) is 15.5. The summed E-state index contributed by atoms with van der Waals surface area (Å²) in [6, 6.07) is 11.0. The first-order valence-corrected chi connectivity index (χ1v) is 8.49. The van der Waals surface area contributed by atoms with Gasteiger partial charge in [0.25, 0.3) is 0 Å². The van der Waals surface area contributed by atoms with Gasteiger partial charge in [-0.15, -0.1) is 0 Å². The van der Waals surface area contributed by atoms with Gasteiger partial charge in [-0.3, -0.25) is 0 Å². The Morgan fingerprint density at radius 3 is 2.77 bits per heavy atom. The van der Waals surface area contributed by atoms with Crippen LogP contribution in [-0.4, -0.2) is 25.6 Å². The van der Waals surface area contributed by atoms with Crippen molar-refractivity contribution >= 4 is 29.5 Å². The van der Waals surface area contributed by atoms with Crippen molar-refractivity contribution < 1.29 is 19.0 Å². The van der Waals surface area contributed by atoms with Crippen LogP contribution in [0.3, 0.4) is 0 Å². The third-order valence-corrected chi connectivity index (χ3v) is 4.01. The molecule has 0 atom stereocenters. The molecule has 1 heterocycles. The fraction of sp³-hybridized carbons (Fsp3) is 0.200.